The molecule has 0 fully saturated rings. The van der Waals surface area contributed by atoms with Crippen LogP contribution < -0.4 is 11.1 Å². The number of rotatable bonds is 10. The van der Waals surface area contributed by atoms with Gasteiger partial charge in [0.1, 0.15) is 12.6 Å². The number of carbonyl (C=O) groups excluding carboxylic acids is 3. The molecule has 0 spiro atoms. The second-order valence-electron chi connectivity index (χ2n) is 6.67. The molecular weight excluding hydrogens is 350 g/mol. The Morgan fingerprint density at radius 3 is 2.37 bits per heavy atom. The zero-order valence-corrected chi connectivity index (χ0v) is 16.3. The van der Waals surface area contributed by atoms with Crippen LogP contribution in [0.2, 0.25) is 0 Å². The van der Waals surface area contributed by atoms with E-state index in [0.29, 0.717) is 6.42 Å². The van der Waals surface area contributed by atoms with Gasteiger partial charge in [-0.05, 0) is 17.9 Å². The molecule has 2 atom stereocenters. The maximum absolute atomic E-state index is 12.3. The predicted octanol–water partition coefficient (Wildman–Crippen LogP) is 0.998. The van der Waals surface area contributed by atoms with E-state index in [-0.39, 0.29) is 18.9 Å². The molecule has 0 bridgehead atoms. The van der Waals surface area contributed by atoms with Gasteiger partial charge in [0.25, 0.3) is 5.91 Å². The van der Waals surface area contributed by atoms with E-state index in [4.69, 9.17) is 15.3 Å². The first-order valence-electron chi connectivity index (χ1n) is 8.81. The molecular formula is C19H29N3O5. The van der Waals surface area contributed by atoms with Crippen molar-refractivity contribution in [2.75, 3.05) is 14.2 Å². The first-order chi connectivity index (χ1) is 12.7. The van der Waals surface area contributed by atoms with Crippen LogP contribution in [0.3, 0.4) is 0 Å². The van der Waals surface area contributed by atoms with Crippen molar-refractivity contribution in [1.82, 2.24) is 10.4 Å². The number of likely N-dealkylation sites (N-methyl/N-ethyl adjacent to an activating group) is 1. The summed E-state index contributed by atoms with van der Waals surface area (Å²) in [4.78, 5) is 41.4. The molecule has 0 saturated heterocycles. The van der Waals surface area contributed by atoms with Gasteiger partial charge in [-0.25, -0.2) is 5.06 Å². The van der Waals surface area contributed by atoms with Crippen LogP contribution in [0.25, 0.3) is 0 Å². The van der Waals surface area contributed by atoms with E-state index in [1.54, 1.807) is 0 Å². The first-order valence-corrected chi connectivity index (χ1v) is 8.81. The first kappa shape index (κ1) is 22.6. The standard InChI is InChI=1S/C19H29N3O5/c1-13(2)10-16(19(25)22(3)26-4)21-18(24)15(20)11-17(23)27-12-14-8-6-5-7-9-14/h5-9,13,15-16H,10-12,20H2,1-4H3,(H,21,24). The number of nitrogens with zero attached hydrogens (tertiary/aromatic N) is 1. The number of hydroxylamine groups is 2. The van der Waals surface area contributed by atoms with Crippen molar-refractivity contribution in [1.29, 1.82) is 0 Å². The minimum absolute atomic E-state index is 0.112. The van der Waals surface area contributed by atoms with Gasteiger partial charge >= 0.3 is 5.97 Å². The highest BCUT2D eigenvalue weighted by atomic mass is 16.7. The highest BCUT2D eigenvalue weighted by Gasteiger charge is 2.28. The molecule has 8 heteroatoms. The summed E-state index contributed by atoms with van der Waals surface area (Å²) < 4.78 is 5.13. The minimum Gasteiger partial charge on any atom is -0.461 e. The molecule has 27 heavy (non-hydrogen) atoms. The predicted molar refractivity (Wildman–Crippen MR) is 100.0 cm³/mol. The van der Waals surface area contributed by atoms with Crippen molar-refractivity contribution in [3.05, 3.63) is 35.9 Å². The Morgan fingerprint density at radius 1 is 1.19 bits per heavy atom. The van der Waals surface area contributed by atoms with Crippen LogP contribution in [0.15, 0.2) is 30.3 Å². The SMILES string of the molecule is CON(C)C(=O)C(CC(C)C)NC(=O)C(N)CC(=O)OCc1ccccc1. The quantitative estimate of drug-likeness (QED) is 0.463. The molecule has 0 aliphatic carbocycles. The third kappa shape index (κ3) is 8.19. The van der Waals surface area contributed by atoms with Crippen LogP contribution in [0.4, 0.5) is 0 Å². The molecule has 1 aromatic rings. The molecule has 0 aromatic heterocycles. The van der Waals surface area contributed by atoms with E-state index in [1.165, 1.54) is 14.2 Å². The van der Waals surface area contributed by atoms with Crippen molar-refractivity contribution >= 4 is 17.8 Å². The van der Waals surface area contributed by atoms with Gasteiger partial charge in [0, 0.05) is 7.05 Å². The smallest absolute Gasteiger partial charge is 0.308 e. The summed E-state index contributed by atoms with van der Waals surface area (Å²) in [5.74, 6) is -1.40. The van der Waals surface area contributed by atoms with Gasteiger partial charge in [0.05, 0.1) is 19.6 Å². The lowest BCUT2D eigenvalue weighted by Gasteiger charge is -2.25. The van der Waals surface area contributed by atoms with Gasteiger partial charge in [0.15, 0.2) is 0 Å². The van der Waals surface area contributed by atoms with Crippen molar-refractivity contribution in [2.24, 2.45) is 11.7 Å². The number of benzene rings is 1. The zero-order chi connectivity index (χ0) is 20.4. The van der Waals surface area contributed by atoms with Gasteiger partial charge in [-0.15, -0.1) is 0 Å². The van der Waals surface area contributed by atoms with E-state index >= 15 is 0 Å². The lowest BCUT2D eigenvalue weighted by atomic mass is 10.0. The van der Waals surface area contributed by atoms with Crippen molar-refractivity contribution < 1.29 is 24.0 Å². The summed E-state index contributed by atoms with van der Waals surface area (Å²) in [6.45, 7) is 3.97. The average Bonchev–Trinajstić information content (AvgIpc) is 2.64. The molecule has 0 aliphatic rings. The Morgan fingerprint density at radius 2 is 1.81 bits per heavy atom. The topological polar surface area (TPSA) is 111 Å². The van der Waals surface area contributed by atoms with Gasteiger partial charge in [-0.2, -0.15) is 0 Å². The number of nitrogens with one attached hydrogen (secondary N) is 1. The monoisotopic (exact) mass is 379 g/mol. The van der Waals surface area contributed by atoms with E-state index < -0.39 is 29.9 Å². The number of nitrogens with two attached hydrogens (primary N) is 1. The van der Waals surface area contributed by atoms with Gasteiger partial charge in [-0.1, -0.05) is 44.2 Å². The highest BCUT2D eigenvalue weighted by molar-refractivity contribution is 5.91. The van der Waals surface area contributed by atoms with Crippen molar-refractivity contribution in [3.63, 3.8) is 0 Å². The van der Waals surface area contributed by atoms with Crippen LogP contribution in [0.5, 0.6) is 0 Å². The molecule has 1 rings (SSSR count). The largest absolute Gasteiger partial charge is 0.461 e. The Bertz CT molecular complexity index is 621. The van der Waals surface area contributed by atoms with E-state index in [1.807, 2.05) is 44.2 Å². The molecule has 1 aromatic carbocycles. The van der Waals surface area contributed by atoms with Gasteiger partial charge < -0.3 is 15.8 Å². The zero-order valence-electron chi connectivity index (χ0n) is 16.3. The molecule has 150 valence electrons. The molecule has 0 saturated carbocycles. The van der Waals surface area contributed by atoms with Crippen LogP contribution in [-0.2, 0) is 30.6 Å². The molecule has 0 heterocycles. The second kappa shape index (κ2) is 11.3. The summed E-state index contributed by atoms with van der Waals surface area (Å²) in [6, 6.07) is 7.30. The lowest BCUT2D eigenvalue weighted by molar-refractivity contribution is -0.172. The summed E-state index contributed by atoms with van der Waals surface area (Å²) in [7, 11) is 2.82. The maximum Gasteiger partial charge on any atom is 0.308 e. The van der Waals surface area contributed by atoms with E-state index in [0.717, 1.165) is 10.6 Å². The molecule has 2 amide bonds. The van der Waals surface area contributed by atoms with Gasteiger partial charge in [0.2, 0.25) is 5.91 Å². The normalized spacial score (nSPS) is 13.0. The number of ether oxygens (including phenoxy) is 1. The van der Waals surface area contributed by atoms with Crippen LogP contribution >= 0.6 is 0 Å². The number of hydrogen-bond donors (Lipinski definition) is 2. The van der Waals surface area contributed by atoms with Gasteiger partial charge in [-0.3, -0.25) is 19.2 Å². The summed E-state index contributed by atoms with van der Waals surface area (Å²) in [6.07, 6.45) is 0.144. The summed E-state index contributed by atoms with van der Waals surface area (Å²) >= 11 is 0. The Kier molecular flexibility index (Phi) is 9.46. The third-order valence-electron chi connectivity index (χ3n) is 3.87. The molecule has 0 radical (unpaired) electrons. The molecule has 8 nitrogen and oxygen atoms in total. The fourth-order valence-corrected chi connectivity index (χ4v) is 2.35. The molecule has 0 aliphatic heterocycles. The summed E-state index contributed by atoms with van der Waals surface area (Å²) in [5, 5.41) is 3.65. The lowest BCUT2D eigenvalue weighted by Crippen LogP contribution is -2.52. The molecule has 3 N–H and O–H groups in total. The van der Waals surface area contributed by atoms with Crippen LogP contribution in [0, 0.1) is 5.92 Å². The highest BCUT2D eigenvalue weighted by Crippen LogP contribution is 2.09. The second-order valence-corrected chi connectivity index (χ2v) is 6.67. The Labute approximate surface area is 159 Å². The number of carbonyl (C=O) groups is 3. The number of esters is 1. The fraction of sp³-hybridized carbons (Fsp3) is 0.526. The van der Waals surface area contributed by atoms with E-state index in [2.05, 4.69) is 5.32 Å². The minimum atomic E-state index is -1.11. The Balaban J connectivity index is 2.56. The number of amides is 2. The maximum atomic E-state index is 12.3. The van der Waals surface area contributed by atoms with Crippen LogP contribution in [-0.4, -0.2) is 49.1 Å². The van der Waals surface area contributed by atoms with Crippen molar-refractivity contribution in [2.45, 2.75) is 45.4 Å². The van der Waals surface area contributed by atoms with E-state index in [9.17, 15) is 14.4 Å². The van der Waals surface area contributed by atoms with Crippen LogP contribution in [0.1, 0.15) is 32.3 Å². The summed E-state index contributed by atoms with van der Waals surface area (Å²) in [5.41, 5.74) is 6.65. The average molecular weight is 379 g/mol. The third-order valence-corrected chi connectivity index (χ3v) is 3.87. The number of hydrogen-bond acceptors (Lipinski definition) is 6. The fourth-order valence-electron chi connectivity index (χ4n) is 2.35. The van der Waals surface area contributed by atoms with Crippen molar-refractivity contribution in [3.8, 4) is 0 Å². The molecule has 2 unspecified atom stereocenters. The Hall–Kier alpha value is -2.45.